The van der Waals surface area contributed by atoms with Gasteiger partial charge in [-0.15, -0.1) is 0 Å². The average Bonchev–Trinajstić information content (AvgIpc) is 3.21. The molecule has 2 aliphatic carbocycles. The molecule has 0 aliphatic heterocycles. The van der Waals surface area contributed by atoms with Crippen molar-refractivity contribution in [3.63, 3.8) is 0 Å². The molecule has 2 saturated carbocycles. The van der Waals surface area contributed by atoms with E-state index in [1.54, 1.807) is 18.2 Å². The van der Waals surface area contributed by atoms with Gasteiger partial charge in [0.15, 0.2) is 0 Å². The highest BCUT2D eigenvalue weighted by atomic mass is 127. The zero-order valence-corrected chi connectivity index (χ0v) is 18.1. The second-order valence-electron chi connectivity index (χ2n) is 5.51. The predicted molar refractivity (Wildman–Crippen MR) is 113 cm³/mol. The van der Waals surface area contributed by atoms with Gasteiger partial charge in [-0.05, 0) is 50.7 Å². The highest BCUT2D eigenvalue weighted by molar-refractivity contribution is 14.1. The molecule has 0 spiro atoms. The van der Waals surface area contributed by atoms with Gasteiger partial charge in [0.05, 0.1) is 21.0 Å². The van der Waals surface area contributed by atoms with Crippen molar-refractivity contribution < 1.29 is 13.5 Å². The molecule has 7 heteroatoms. The molecule has 0 unspecified atom stereocenters. The number of halogens is 2. The van der Waals surface area contributed by atoms with E-state index in [-0.39, 0.29) is 4.90 Å². The molecule has 1 aromatic rings. The SMILES string of the molecule is O=S(=O)(N[C@H]([C]1[CH][CH][CH][C]1I)[C@@H](O)[C]1[CH][CH][CH][C]1I)c1ccccc1. The largest absolute Gasteiger partial charge is 0.391 e. The normalized spacial score (nSPS) is 24.0. The van der Waals surface area contributed by atoms with Gasteiger partial charge in [0.25, 0.3) is 0 Å². The predicted octanol–water partition coefficient (Wildman–Crippen LogP) is 3.03. The summed E-state index contributed by atoms with van der Waals surface area (Å²) in [6.07, 6.45) is 10.1. The molecule has 0 amide bonds. The van der Waals surface area contributed by atoms with Gasteiger partial charge in [0, 0.05) is 15.8 Å². The van der Waals surface area contributed by atoms with Gasteiger partial charge < -0.3 is 5.11 Å². The standard InChI is InChI=1S/C18H15I2NO3S/c19-15-10-4-8-13(15)17(18(22)14-9-5-11-16(14)20)21-25(23,24)12-6-2-1-3-7-12/h1-11,17-18,21-22H/t17-,18+/m1/s1. The summed E-state index contributed by atoms with van der Waals surface area (Å²) < 4.78 is 30.0. The van der Waals surface area contributed by atoms with Crippen LogP contribution < -0.4 is 4.72 Å². The summed E-state index contributed by atoms with van der Waals surface area (Å²) in [5, 5.41) is 10.9. The third-order valence-electron chi connectivity index (χ3n) is 3.89. The molecule has 0 saturated heterocycles. The summed E-state index contributed by atoms with van der Waals surface area (Å²) in [4.78, 5) is 0.172. The number of aliphatic hydroxyl groups excluding tert-OH is 1. The molecule has 0 heterocycles. The molecule has 2 N–H and O–H groups in total. The van der Waals surface area contributed by atoms with Crippen LogP contribution in [0.3, 0.4) is 0 Å². The van der Waals surface area contributed by atoms with Crippen LogP contribution in [0, 0.1) is 58.2 Å². The van der Waals surface area contributed by atoms with Gasteiger partial charge in [-0.2, -0.15) is 0 Å². The average molecular weight is 579 g/mol. The lowest BCUT2D eigenvalue weighted by atomic mass is 9.86. The number of benzene rings is 1. The fourth-order valence-electron chi connectivity index (χ4n) is 2.63. The molecule has 4 nitrogen and oxygen atoms in total. The minimum atomic E-state index is -3.77. The highest BCUT2D eigenvalue weighted by Gasteiger charge is 2.45. The summed E-state index contributed by atoms with van der Waals surface area (Å²) in [5.41, 5.74) is 0. The zero-order valence-electron chi connectivity index (χ0n) is 12.9. The van der Waals surface area contributed by atoms with Gasteiger partial charge in [0.2, 0.25) is 10.0 Å². The smallest absolute Gasteiger partial charge is 0.240 e. The van der Waals surface area contributed by atoms with Gasteiger partial charge in [-0.1, -0.05) is 63.4 Å². The molecule has 0 bridgehead atoms. The first-order valence-corrected chi connectivity index (χ1v) is 11.1. The van der Waals surface area contributed by atoms with Crippen molar-refractivity contribution in [2.45, 2.75) is 17.0 Å². The van der Waals surface area contributed by atoms with Crippen molar-refractivity contribution in [3.8, 4) is 0 Å². The minimum absolute atomic E-state index is 0.172. The molecular weight excluding hydrogens is 564 g/mol. The van der Waals surface area contributed by atoms with Crippen molar-refractivity contribution in [3.05, 3.63) is 88.5 Å². The lowest BCUT2D eigenvalue weighted by Gasteiger charge is -2.33. The third kappa shape index (κ3) is 4.70. The van der Waals surface area contributed by atoms with E-state index in [1.807, 2.05) is 38.5 Å². The lowest BCUT2D eigenvalue weighted by molar-refractivity contribution is 0.165. The van der Waals surface area contributed by atoms with E-state index in [4.69, 9.17) is 0 Å². The molecule has 3 rings (SSSR count). The molecule has 10 radical (unpaired) electrons. The van der Waals surface area contributed by atoms with E-state index in [9.17, 15) is 13.5 Å². The number of hydrogen-bond acceptors (Lipinski definition) is 3. The second kappa shape index (κ2) is 8.70. The Morgan fingerprint density at radius 3 is 1.96 bits per heavy atom. The number of hydrogen-bond donors (Lipinski definition) is 2. The monoisotopic (exact) mass is 579 g/mol. The summed E-state index contributed by atoms with van der Waals surface area (Å²) in [5.74, 6) is 1.46. The van der Waals surface area contributed by atoms with Crippen LogP contribution >= 0.6 is 45.2 Å². The van der Waals surface area contributed by atoms with E-state index < -0.39 is 22.2 Å². The van der Waals surface area contributed by atoms with Gasteiger partial charge >= 0.3 is 0 Å². The van der Waals surface area contributed by atoms with Crippen molar-refractivity contribution in [2.24, 2.45) is 0 Å². The molecule has 1 aromatic carbocycles. The molecular formula is C18H15I2NO3S. The lowest BCUT2D eigenvalue weighted by Crippen LogP contribution is -2.50. The van der Waals surface area contributed by atoms with Crippen molar-refractivity contribution in [1.29, 1.82) is 0 Å². The summed E-state index contributed by atoms with van der Waals surface area (Å²) in [7, 11) is -3.77. The van der Waals surface area contributed by atoms with Crippen molar-refractivity contribution >= 4 is 55.2 Å². The maximum Gasteiger partial charge on any atom is 0.240 e. The Morgan fingerprint density at radius 2 is 1.44 bits per heavy atom. The Morgan fingerprint density at radius 1 is 0.880 bits per heavy atom. The first kappa shape index (κ1) is 20.3. The van der Waals surface area contributed by atoms with E-state index in [0.29, 0.717) is 5.92 Å². The molecule has 2 fully saturated rings. The Hall–Kier alpha value is 0.550. The first-order valence-electron chi connectivity index (χ1n) is 7.48. The van der Waals surface area contributed by atoms with Crippen LogP contribution in [0.15, 0.2) is 35.2 Å². The fourth-order valence-corrected chi connectivity index (χ4v) is 5.30. The molecule has 130 valence electrons. The molecule has 2 atom stereocenters. The summed E-state index contributed by atoms with van der Waals surface area (Å²) in [6.45, 7) is 0. The zero-order chi connectivity index (χ0) is 18.0. The maximum atomic E-state index is 12.8. The summed E-state index contributed by atoms with van der Waals surface area (Å²) in [6, 6.07) is 7.40. The third-order valence-corrected chi connectivity index (χ3v) is 7.32. The Balaban J connectivity index is 1.86. The molecule has 2 aliphatic rings. The van der Waals surface area contributed by atoms with E-state index in [1.165, 1.54) is 12.1 Å². The highest BCUT2D eigenvalue weighted by Crippen LogP contribution is 2.46. The Bertz CT molecular complexity index is 670. The van der Waals surface area contributed by atoms with E-state index >= 15 is 0 Å². The number of aliphatic hydroxyl groups is 1. The van der Waals surface area contributed by atoms with Crippen LogP contribution in [-0.4, -0.2) is 25.7 Å². The summed E-state index contributed by atoms with van der Waals surface area (Å²) >= 11 is 4.29. The topological polar surface area (TPSA) is 66.4 Å². The molecule has 0 aromatic heterocycles. The number of nitrogens with one attached hydrogen (secondary N) is 1. The Kier molecular flexibility index (Phi) is 7.06. The van der Waals surface area contributed by atoms with Crippen molar-refractivity contribution in [1.82, 2.24) is 4.72 Å². The van der Waals surface area contributed by atoms with Crippen molar-refractivity contribution in [2.75, 3.05) is 0 Å². The van der Waals surface area contributed by atoms with Crippen LogP contribution in [0.5, 0.6) is 0 Å². The minimum Gasteiger partial charge on any atom is -0.391 e. The molecule has 25 heavy (non-hydrogen) atoms. The van der Waals surface area contributed by atoms with Crippen LogP contribution in [0.1, 0.15) is 0 Å². The quantitative estimate of drug-likeness (QED) is 0.510. The van der Waals surface area contributed by atoms with Crippen LogP contribution in [0.25, 0.3) is 0 Å². The van der Waals surface area contributed by atoms with Crippen LogP contribution in [-0.2, 0) is 10.0 Å². The second-order valence-corrected chi connectivity index (χ2v) is 9.55. The fraction of sp³-hybridized carbons (Fsp3) is 0.111. The van der Waals surface area contributed by atoms with Gasteiger partial charge in [0.1, 0.15) is 0 Å². The number of rotatable bonds is 6. The van der Waals surface area contributed by atoms with Crippen LogP contribution in [0.2, 0.25) is 0 Å². The van der Waals surface area contributed by atoms with Crippen LogP contribution in [0.4, 0.5) is 0 Å². The van der Waals surface area contributed by atoms with Gasteiger partial charge in [-0.3, -0.25) is 0 Å². The first-order chi connectivity index (χ1) is 11.9. The maximum absolute atomic E-state index is 12.8. The van der Waals surface area contributed by atoms with E-state index in [0.717, 1.165) is 13.8 Å². The Labute approximate surface area is 177 Å². The van der Waals surface area contributed by atoms with E-state index in [2.05, 4.69) is 49.9 Å². The number of sulfonamides is 1. The van der Waals surface area contributed by atoms with Gasteiger partial charge in [-0.25, -0.2) is 13.1 Å².